The van der Waals surface area contributed by atoms with E-state index in [1.165, 1.54) is 22.9 Å². The summed E-state index contributed by atoms with van der Waals surface area (Å²) in [7, 11) is 0. The molecule has 2 aromatic carbocycles. The van der Waals surface area contributed by atoms with Crippen molar-refractivity contribution in [3.8, 4) is 11.3 Å². The van der Waals surface area contributed by atoms with E-state index in [0.717, 1.165) is 10.0 Å². The summed E-state index contributed by atoms with van der Waals surface area (Å²) in [5.41, 5.74) is 1.94. The lowest BCUT2D eigenvalue weighted by atomic mass is 10.1. The van der Waals surface area contributed by atoms with E-state index in [2.05, 4.69) is 26.3 Å². The van der Waals surface area contributed by atoms with Crippen molar-refractivity contribution in [3.05, 3.63) is 86.9 Å². The van der Waals surface area contributed by atoms with Gasteiger partial charge in [0.25, 0.3) is 5.56 Å². The van der Waals surface area contributed by atoms with Crippen molar-refractivity contribution in [2.75, 3.05) is 0 Å². The minimum Gasteiger partial charge on any atom is -0.352 e. The van der Waals surface area contributed by atoms with Gasteiger partial charge in [-0.05, 0) is 48.0 Å². The summed E-state index contributed by atoms with van der Waals surface area (Å²) in [5.74, 6) is -0.506. The Kier molecular flexibility index (Phi) is 6.13. The number of carbonyl (C=O) groups excluding carboxylic acids is 1. The molecule has 0 aliphatic carbocycles. The fourth-order valence-corrected chi connectivity index (χ4v) is 2.75. The second kappa shape index (κ2) is 8.73. The van der Waals surface area contributed by atoms with Crippen LogP contribution in [0.25, 0.3) is 11.3 Å². The Bertz CT molecular complexity index is 985. The number of aromatic nitrogens is 2. The molecule has 1 amide bonds. The van der Waals surface area contributed by atoms with Crippen LogP contribution in [0.3, 0.4) is 0 Å². The van der Waals surface area contributed by atoms with E-state index in [-0.39, 0.29) is 30.2 Å². The van der Waals surface area contributed by atoms with E-state index in [1.54, 1.807) is 18.2 Å². The third kappa shape index (κ3) is 5.34. The molecule has 5 nitrogen and oxygen atoms in total. The molecule has 138 valence electrons. The molecule has 0 radical (unpaired) electrons. The molecule has 1 heterocycles. The minimum atomic E-state index is -0.338. The van der Waals surface area contributed by atoms with Crippen LogP contribution < -0.4 is 10.9 Å². The topological polar surface area (TPSA) is 64.0 Å². The lowest BCUT2D eigenvalue weighted by molar-refractivity contribution is -0.121. The molecule has 0 saturated heterocycles. The zero-order chi connectivity index (χ0) is 19.2. The number of amides is 1. The van der Waals surface area contributed by atoms with E-state index in [1.807, 2.05) is 24.3 Å². The van der Waals surface area contributed by atoms with Crippen LogP contribution in [0, 0.1) is 5.82 Å². The standard InChI is InChI=1S/C20H17BrFN3O2/c21-16-5-1-14(2-6-16)13-23-19(26)11-12-25-20(27)10-9-18(24-25)15-3-7-17(22)8-4-15/h1-10H,11-13H2,(H,23,26). The summed E-state index contributed by atoms with van der Waals surface area (Å²) in [5, 5.41) is 7.09. The van der Waals surface area contributed by atoms with Gasteiger partial charge in [-0.2, -0.15) is 5.10 Å². The zero-order valence-corrected chi connectivity index (χ0v) is 15.9. The molecule has 1 aromatic heterocycles. The SMILES string of the molecule is O=C(CCn1nc(-c2ccc(F)cc2)ccc1=O)NCc1ccc(Br)cc1. The predicted octanol–water partition coefficient (Wildman–Crippen LogP) is 3.52. The largest absolute Gasteiger partial charge is 0.352 e. The first-order valence-electron chi connectivity index (χ1n) is 8.36. The fourth-order valence-electron chi connectivity index (χ4n) is 2.48. The van der Waals surface area contributed by atoms with E-state index in [0.29, 0.717) is 17.8 Å². The van der Waals surface area contributed by atoms with Gasteiger partial charge in [0.1, 0.15) is 5.82 Å². The number of halogens is 2. The smallest absolute Gasteiger partial charge is 0.266 e. The molecule has 0 spiro atoms. The highest BCUT2D eigenvalue weighted by molar-refractivity contribution is 9.10. The zero-order valence-electron chi connectivity index (χ0n) is 14.4. The Morgan fingerprint density at radius 1 is 1.04 bits per heavy atom. The van der Waals surface area contributed by atoms with Gasteiger partial charge >= 0.3 is 0 Å². The average molecular weight is 430 g/mol. The van der Waals surface area contributed by atoms with E-state index < -0.39 is 0 Å². The minimum absolute atomic E-state index is 0.135. The van der Waals surface area contributed by atoms with Crippen LogP contribution in [0.2, 0.25) is 0 Å². The summed E-state index contributed by atoms with van der Waals surface area (Å²) in [6.45, 7) is 0.587. The first kappa shape index (κ1) is 19.0. The molecule has 0 saturated carbocycles. The van der Waals surface area contributed by atoms with E-state index >= 15 is 0 Å². The summed E-state index contributed by atoms with van der Waals surface area (Å²) in [6, 6.07) is 16.5. The van der Waals surface area contributed by atoms with Gasteiger partial charge in [-0.3, -0.25) is 9.59 Å². The van der Waals surface area contributed by atoms with Gasteiger partial charge in [0.05, 0.1) is 12.2 Å². The average Bonchev–Trinajstić information content (AvgIpc) is 2.67. The van der Waals surface area contributed by atoms with Crippen molar-refractivity contribution in [3.63, 3.8) is 0 Å². The number of hydrogen-bond donors (Lipinski definition) is 1. The van der Waals surface area contributed by atoms with Gasteiger partial charge in [-0.25, -0.2) is 9.07 Å². The Labute approximate surface area is 164 Å². The van der Waals surface area contributed by atoms with Gasteiger partial charge in [-0.1, -0.05) is 28.1 Å². The molecule has 0 aliphatic heterocycles. The monoisotopic (exact) mass is 429 g/mol. The van der Waals surface area contributed by atoms with Gasteiger partial charge in [0.2, 0.25) is 5.91 Å². The maximum absolute atomic E-state index is 13.0. The molecule has 7 heteroatoms. The molecular formula is C20H17BrFN3O2. The summed E-state index contributed by atoms with van der Waals surface area (Å²) >= 11 is 3.36. The Balaban J connectivity index is 1.60. The molecule has 1 N–H and O–H groups in total. The lowest BCUT2D eigenvalue weighted by Crippen LogP contribution is -2.28. The second-order valence-electron chi connectivity index (χ2n) is 5.94. The van der Waals surface area contributed by atoms with Crippen molar-refractivity contribution >= 4 is 21.8 Å². The van der Waals surface area contributed by atoms with Crippen LogP contribution in [0.5, 0.6) is 0 Å². The molecule has 0 fully saturated rings. The van der Waals surface area contributed by atoms with Crippen molar-refractivity contribution < 1.29 is 9.18 Å². The van der Waals surface area contributed by atoms with Gasteiger partial charge in [0, 0.05) is 29.1 Å². The van der Waals surface area contributed by atoms with E-state index in [4.69, 9.17) is 0 Å². The van der Waals surface area contributed by atoms with Crippen molar-refractivity contribution in [2.45, 2.75) is 19.5 Å². The van der Waals surface area contributed by atoms with Crippen LogP contribution in [0.4, 0.5) is 4.39 Å². The molecule has 3 rings (SSSR count). The van der Waals surface area contributed by atoms with Gasteiger partial charge < -0.3 is 5.32 Å². The van der Waals surface area contributed by atoms with Gasteiger partial charge in [0.15, 0.2) is 0 Å². The molecule has 27 heavy (non-hydrogen) atoms. The van der Waals surface area contributed by atoms with Crippen LogP contribution in [-0.4, -0.2) is 15.7 Å². The van der Waals surface area contributed by atoms with Crippen molar-refractivity contribution in [1.29, 1.82) is 0 Å². The summed E-state index contributed by atoms with van der Waals surface area (Å²) in [6.07, 6.45) is 0.135. The molecule has 0 aliphatic rings. The van der Waals surface area contributed by atoms with E-state index in [9.17, 15) is 14.0 Å². The Morgan fingerprint density at radius 2 is 1.74 bits per heavy atom. The Hall–Kier alpha value is -2.80. The first-order valence-corrected chi connectivity index (χ1v) is 9.16. The van der Waals surface area contributed by atoms with Crippen LogP contribution in [-0.2, 0) is 17.9 Å². The number of aryl methyl sites for hydroxylation is 1. The quantitative estimate of drug-likeness (QED) is 0.651. The van der Waals surface area contributed by atoms with Crippen LogP contribution in [0.15, 0.2) is 69.9 Å². The summed E-state index contributed by atoms with van der Waals surface area (Å²) in [4.78, 5) is 24.0. The lowest BCUT2D eigenvalue weighted by Gasteiger charge is -2.08. The van der Waals surface area contributed by atoms with Gasteiger partial charge in [-0.15, -0.1) is 0 Å². The number of nitrogens with zero attached hydrogens (tertiary/aromatic N) is 2. The maximum atomic E-state index is 13.0. The summed E-state index contributed by atoms with van der Waals surface area (Å²) < 4.78 is 15.3. The maximum Gasteiger partial charge on any atom is 0.266 e. The number of carbonyl (C=O) groups is 1. The highest BCUT2D eigenvalue weighted by atomic mass is 79.9. The molecule has 3 aromatic rings. The highest BCUT2D eigenvalue weighted by Gasteiger charge is 2.07. The second-order valence-corrected chi connectivity index (χ2v) is 6.86. The number of benzene rings is 2. The number of hydrogen-bond acceptors (Lipinski definition) is 3. The third-order valence-corrected chi connectivity index (χ3v) is 4.49. The predicted molar refractivity (Wildman–Crippen MR) is 104 cm³/mol. The molecule has 0 unspecified atom stereocenters. The molecule has 0 atom stereocenters. The number of rotatable bonds is 6. The highest BCUT2D eigenvalue weighted by Crippen LogP contribution is 2.15. The van der Waals surface area contributed by atoms with Crippen molar-refractivity contribution in [2.24, 2.45) is 0 Å². The van der Waals surface area contributed by atoms with Crippen molar-refractivity contribution in [1.82, 2.24) is 15.1 Å². The molecule has 0 bridgehead atoms. The fraction of sp³-hybridized carbons (Fsp3) is 0.150. The van der Waals surface area contributed by atoms with Crippen LogP contribution in [0.1, 0.15) is 12.0 Å². The molecular weight excluding hydrogens is 413 g/mol. The normalized spacial score (nSPS) is 10.6. The number of nitrogens with one attached hydrogen (secondary N) is 1. The first-order chi connectivity index (χ1) is 13.0. The van der Waals surface area contributed by atoms with Crippen LogP contribution >= 0.6 is 15.9 Å². The third-order valence-electron chi connectivity index (χ3n) is 3.96. The Morgan fingerprint density at radius 3 is 2.44 bits per heavy atom.